The Morgan fingerprint density at radius 3 is 2.67 bits per heavy atom. The van der Waals surface area contributed by atoms with Gasteiger partial charge in [0, 0.05) is 12.3 Å². The third-order valence-corrected chi connectivity index (χ3v) is 3.79. The van der Waals surface area contributed by atoms with E-state index < -0.39 is 17.9 Å². The van der Waals surface area contributed by atoms with Gasteiger partial charge >= 0.3 is 0 Å². The van der Waals surface area contributed by atoms with Crippen LogP contribution in [0.2, 0.25) is 5.02 Å². The number of nitrogens with zero attached hydrogens (tertiary/aromatic N) is 2. The van der Waals surface area contributed by atoms with Gasteiger partial charge in [-0.3, -0.25) is 4.40 Å². The van der Waals surface area contributed by atoms with Crippen LogP contribution in [0.4, 0.5) is 8.78 Å². The smallest absolute Gasteiger partial charge is 0.180 e. The van der Waals surface area contributed by atoms with Crippen molar-refractivity contribution >= 4 is 17.2 Å². The second-order valence-corrected chi connectivity index (χ2v) is 5.67. The van der Waals surface area contributed by atoms with Gasteiger partial charge in [0.15, 0.2) is 11.4 Å². The van der Waals surface area contributed by atoms with Crippen molar-refractivity contribution in [2.24, 2.45) is 5.73 Å². The van der Waals surface area contributed by atoms with Crippen molar-refractivity contribution in [1.82, 2.24) is 9.38 Å². The lowest BCUT2D eigenvalue weighted by molar-refractivity contribution is 0.179. The first kappa shape index (κ1) is 16.6. The van der Waals surface area contributed by atoms with Crippen LogP contribution in [0.1, 0.15) is 23.2 Å². The largest absolute Gasteiger partial charge is 0.485 e. The van der Waals surface area contributed by atoms with E-state index in [4.69, 9.17) is 22.1 Å². The summed E-state index contributed by atoms with van der Waals surface area (Å²) in [6.45, 7) is 1.34. The maximum Gasteiger partial charge on any atom is 0.180 e. The molecule has 126 valence electrons. The minimum Gasteiger partial charge on any atom is -0.485 e. The maximum absolute atomic E-state index is 13.7. The summed E-state index contributed by atoms with van der Waals surface area (Å²) in [6, 6.07) is 5.06. The Morgan fingerprint density at radius 2 is 2.04 bits per heavy atom. The average Bonchev–Trinajstić information content (AvgIpc) is 2.82. The van der Waals surface area contributed by atoms with E-state index in [-0.39, 0.29) is 17.9 Å². The molecule has 3 N–H and O–H groups in total. The molecule has 0 saturated heterocycles. The molecule has 0 amide bonds. The number of pyridine rings is 1. The molecule has 3 aromatic rings. The number of hydrogen-bond donors (Lipinski definition) is 2. The first-order valence-electron chi connectivity index (χ1n) is 7.06. The quantitative estimate of drug-likeness (QED) is 0.707. The Balaban J connectivity index is 2.02. The number of hydrogen-bond acceptors (Lipinski definition) is 4. The fourth-order valence-corrected chi connectivity index (χ4v) is 2.69. The molecule has 0 radical (unpaired) electrons. The highest BCUT2D eigenvalue weighted by molar-refractivity contribution is 6.30. The monoisotopic (exact) mass is 353 g/mol. The molecule has 24 heavy (non-hydrogen) atoms. The van der Waals surface area contributed by atoms with Gasteiger partial charge in [-0.2, -0.15) is 0 Å². The van der Waals surface area contributed by atoms with E-state index in [1.807, 2.05) is 0 Å². The molecule has 1 atom stereocenters. The van der Waals surface area contributed by atoms with Crippen LogP contribution in [-0.2, 0) is 6.61 Å². The molecule has 0 aliphatic carbocycles. The molecular weight excluding hydrogens is 340 g/mol. The predicted octanol–water partition coefficient (Wildman–Crippen LogP) is 3.10. The third kappa shape index (κ3) is 2.93. The number of rotatable bonds is 4. The summed E-state index contributed by atoms with van der Waals surface area (Å²) in [4.78, 5) is 4.28. The van der Waals surface area contributed by atoms with E-state index in [1.165, 1.54) is 22.7 Å². The maximum atomic E-state index is 13.7. The number of imidazole rings is 1. The molecular formula is C16H14ClF2N3O2. The van der Waals surface area contributed by atoms with Gasteiger partial charge in [-0.05, 0) is 19.1 Å². The van der Waals surface area contributed by atoms with Crippen LogP contribution in [0.15, 0.2) is 30.5 Å². The minimum atomic E-state index is -1.25. The topological polar surface area (TPSA) is 72.8 Å². The summed E-state index contributed by atoms with van der Waals surface area (Å²) in [7, 11) is 0. The summed E-state index contributed by atoms with van der Waals surface area (Å²) in [6.07, 6.45) is 0.272. The van der Waals surface area contributed by atoms with Crippen LogP contribution in [0.5, 0.6) is 5.75 Å². The van der Waals surface area contributed by atoms with Gasteiger partial charge in [-0.1, -0.05) is 17.7 Å². The lowest BCUT2D eigenvalue weighted by Crippen LogP contribution is -2.12. The Labute approximate surface area is 141 Å². The van der Waals surface area contributed by atoms with Crippen LogP contribution in [0, 0.1) is 18.6 Å². The Hall–Kier alpha value is -2.22. The number of aromatic nitrogens is 2. The molecule has 1 aromatic carbocycles. The lowest BCUT2D eigenvalue weighted by Gasteiger charge is -2.11. The van der Waals surface area contributed by atoms with Gasteiger partial charge in [0.05, 0.1) is 22.0 Å². The summed E-state index contributed by atoms with van der Waals surface area (Å²) >= 11 is 6.05. The minimum absolute atomic E-state index is 0.196. The number of nitrogens with two attached hydrogens (primary N) is 1. The van der Waals surface area contributed by atoms with E-state index in [1.54, 1.807) is 6.92 Å². The lowest BCUT2D eigenvalue weighted by atomic mass is 10.2. The molecule has 3 rings (SSSR count). The SMILES string of the molecule is Cc1nc2c(OCc3c(F)cccc3F)cc(Cl)cn2c1C(N)O. The van der Waals surface area contributed by atoms with Crippen molar-refractivity contribution in [1.29, 1.82) is 0 Å². The zero-order chi connectivity index (χ0) is 17.4. The summed E-state index contributed by atoms with van der Waals surface area (Å²) < 4.78 is 34.4. The van der Waals surface area contributed by atoms with Crippen molar-refractivity contribution < 1.29 is 18.6 Å². The van der Waals surface area contributed by atoms with Crippen molar-refractivity contribution in [2.45, 2.75) is 19.8 Å². The molecule has 0 aliphatic heterocycles. The van der Waals surface area contributed by atoms with Gasteiger partial charge in [0.1, 0.15) is 24.5 Å². The predicted molar refractivity (Wildman–Crippen MR) is 84.8 cm³/mol. The second kappa shape index (κ2) is 6.35. The Morgan fingerprint density at radius 1 is 1.38 bits per heavy atom. The standard InChI is InChI=1S/C16H14ClF2N3O2/c1-8-14(15(20)23)22-6-9(17)5-13(16(22)21-8)24-7-10-11(18)3-2-4-12(10)19/h2-6,15,23H,7,20H2,1H3. The molecule has 0 bridgehead atoms. The molecule has 2 aromatic heterocycles. The molecule has 1 unspecified atom stereocenters. The molecule has 5 nitrogen and oxygen atoms in total. The fourth-order valence-electron chi connectivity index (χ4n) is 2.50. The van der Waals surface area contributed by atoms with Gasteiger partial charge in [-0.15, -0.1) is 0 Å². The first-order valence-corrected chi connectivity index (χ1v) is 7.43. The van der Waals surface area contributed by atoms with Crippen LogP contribution in [-0.4, -0.2) is 14.5 Å². The molecule has 0 fully saturated rings. The van der Waals surface area contributed by atoms with Crippen molar-refractivity contribution in [3.8, 4) is 5.75 Å². The molecule has 0 spiro atoms. The van der Waals surface area contributed by atoms with Crippen LogP contribution < -0.4 is 10.5 Å². The Bertz CT molecular complexity index is 892. The highest BCUT2D eigenvalue weighted by Gasteiger charge is 2.18. The van der Waals surface area contributed by atoms with Crippen molar-refractivity contribution in [3.05, 3.63) is 64.1 Å². The van der Waals surface area contributed by atoms with Crippen molar-refractivity contribution in [2.75, 3.05) is 0 Å². The number of fused-ring (bicyclic) bond motifs is 1. The number of halogens is 3. The fraction of sp³-hybridized carbons (Fsp3) is 0.188. The first-order chi connectivity index (χ1) is 11.4. The van der Waals surface area contributed by atoms with Gasteiger partial charge < -0.3 is 15.6 Å². The average molecular weight is 354 g/mol. The van der Waals surface area contributed by atoms with Gasteiger partial charge in [0.2, 0.25) is 0 Å². The van der Waals surface area contributed by atoms with Crippen LogP contribution >= 0.6 is 11.6 Å². The summed E-state index contributed by atoms with van der Waals surface area (Å²) in [5.41, 5.74) is 6.54. The third-order valence-electron chi connectivity index (χ3n) is 3.59. The Kier molecular flexibility index (Phi) is 4.40. The normalized spacial score (nSPS) is 12.6. The van der Waals surface area contributed by atoms with Crippen LogP contribution in [0.25, 0.3) is 5.65 Å². The second-order valence-electron chi connectivity index (χ2n) is 5.23. The number of ether oxygens (including phenoxy) is 1. The number of aliphatic hydroxyl groups is 1. The van der Waals surface area contributed by atoms with E-state index >= 15 is 0 Å². The zero-order valence-electron chi connectivity index (χ0n) is 12.6. The van der Waals surface area contributed by atoms with Gasteiger partial charge in [0.25, 0.3) is 0 Å². The molecule has 2 heterocycles. The molecule has 8 heteroatoms. The number of aryl methyl sites for hydroxylation is 1. The van der Waals surface area contributed by atoms with E-state index in [9.17, 15) is 13.9 Å². The number of aliphatic hydroxyl groups excluding tert-OH is 1. The number of benzene rings is 1. The van der Waals surface area contributed by atoms with Crippen LogP contribution in [0.3, 0.4) is 0 Å². The van der Waals surface area contributed by atoms with Crippen molar-refractivity contribution in [3.63, 3.8) is 0 Å². The molecule has 0 saturated carbocycles. The highest BCUT2D eigenvalue weighted by Crippen LogP contribution is 2.29. The highest BCUT2D eigenvalue weighted by atomic mass is 35.5. The van der Waals surface area contributed by atoms with E-state index in [0.29, 0.717) is 22.1 Å². The summed E-state index contributed by atoms with van der Waals surface area (Å²) in [5.74, 6) is -1.18. The zero-order valence-corrected chi connectivity index (χ0v) is 13.4. The van der Waals surface area contributed by atoms with E-state index in [2.05, 4.69) is 4.98 Å². The summed E-state index contributed by atoms with van der Waals surface area (Å²) in [5, 5.41) is 9.98. The molecule has 0 aliphatic rings. The van der Waals surface area contributed by atoms with E-state index in [0.717, 1.165) is 12.1 Å². The van der Waals surface area contributed by atoms with Gasteiger partial charge in [-0.25, -0.2) is 13.8 Å².